The van der Waals surface area contributed by atoms with Crippen LogP contribution in [0.1, 0.15) is 86.5 Å². The normalized spacial score (nSPS) is 43.3. The first-order valence-corrected chi connectivity index (χ1v) is 17.0. The molecule has 10 nitrogen and oxygen atoms in total. The summed E-state index contributed by atoms with van der Waals surface area (Å²) in [6, 6.07) is 1.11. The standard InChI is InChI=1S/C34H61N3O7/c1-11-37-24-12-13-25(37)16-23(15-24)27-20-42-32(40)33(4,5)28(38)17-29(34(6,41-10)18-21(2)19-36(27)9)44-31-30(39)26(35(7)8)14-22(3)43-31/h21-27,29-31,39H,11-20H2,1-10H3/t21-,22-,23?,24-,25+,26+,27?,29-,30-,31+,34-/m1/s1. The molecule has 4 aliphatic rings. The summed E-state index contributed by atoms with van der Waals surface area (Å²) in [5.41, 5.74) is -2.24. The summed E-state index contributed by atoms with van der Waals surface area (Å²) < 4.78 is 24.9. The Morgan fingerprint density at radius 3 is 2.27 bits per heavy atom. The van der Waals surface area contributed by atoms with Crippen molar-refractivity contribution in [1.82, 2.24) is 14.7 Å². The molecule has 2 bridgehead atoms. The number of nitrogens with zero attached hydrogens (tertiary/aromatic N) is 3. The molecule has 0 radical (unpaired) electrons. The first-order valence-electron chi connectivity index (χ1n) is 17.0. The molecule has 0 aromatic heterocycles. The summed E-state index contributed by atoms with van der Waals surface area (Å²) in [4.78, 5) is 34.6. The minimum absolute atomic E-state index is 0.0646. The number of piperidine rings is 1. The van der Waals surface area contributed by atoms with Crippen LogP contribution >= 0.6 is 0 Å². The van der Waals surface area contributed by atoms with Crippen LogP contribution in [0.4, 0.5) is 0 Å². The van der Waals surface area contributed by atoms with Crippen molar-refractivity contribution >= 4 is 11.8 Å². The third-order valence-corrected chi connectivity index (χ3v) is 11.4. The lowest BCUT2D eigenvalue weighted by molar-refractivity contribution is -0.289. The predicted molar refractivity (Wildman–Crippen MR) is 169 cm³/mol. The molecule has 4 fully saturated rings. The number of carbonyl (C=O) groups excluding carboxylic acids is 2. The van der Waals surface area contributed by atoms with Crippen LogP contribution in [0, 0.1) is 17.3 Å². The van der Waals surface area contributed by atoms with Crippen LogP contribution < -0.4 is 0 Å². The first kappa shape index (κ1) is 35.7. The number of hydrogen-bond acceptors (Lipinski definition) is 10. The smallest absolute Gasteiger partial charge is 0.319 e. The number of cyclic esters (lactones) is 1. The van der Waals surface area contributed by atoms with E-state index in [-0.39, 0.29) is 42.9 Å². The number of Topliss-reactive ketones (excluding diaryl/α,β-unsaturated/α-hetero) is 1. The molecule has 4 aliphatic heterocycles. The van der Waals surface area contributed by atoms with Crippen molar-refractivity contribution in [2.24, 2.45) is 17.3 Å². The van der Waals surface area contributed by atoms with Crippen LogP contribution in [0.2, 0.25) is 0 Å². The summed E-state index contributed by atoms with van der Waals surface area (Å²) in [6.45, 7) is 13.9. The zero-order chi connectivity index (χ0) is 32.6. The van der Waals surface area contributed by atoms with E-state index < -0.39 is 35.5 Å². The number of fused-ring (bicyclic) bond motifs is 2. The van der Waals surface area contributed by atoms with Crippen LogP contribution in [-0.4, -0.2) is 134 Å². The van der Waals surface area contributed by atoms with Gasteiger partial charge in [-0.1, -0.05) is 13.8 Å². The number of likely N-dealkylation sites (N-methyl/N-ethyl adjacent to an activating group) is 2. The molecule has 0 amide bonds. The quantitative estimate of drug-likeness (QED) is 0.350. The molecule has 10 heteroatoms. The highest BCUT2D eigenvalue weighted by atomic mass is 16.7. The summed E-state index contributed by atoms with van der Waals surface area (Å²) in [5.74, 6) is -0.165. The highest BCUT2D eigenvalue weighted by Gasteiger charge is 2.49. The summed E-state index contributed by atoms with van der Waals surface area (Å²) >= 11 is 0. The van der Waals surface area contributed by atoms with Gasteiger partial charge in [-0.05, 0) is 106 Å². The Hall–Kier alpha value is -1.14. The fraction of sp³-hybridized carbons (Fsp3) is 0.941. The minimum atomic E-state index is -1.37. The minimum Gasteiger partial charge on any atom is -0.463 e. The van der Waals surface area contributed by atoms with Crippen LogP contribution in [0.15, 0.2) is 0 Å². The topological polar surface area (TPSA) is 101 Å². The Morgan fingerprint density at radius 1 is 1.07 bits per heavy atom. The van der Waals surface area contributed by atoms with Gasteiger partial charge in [0.15, 0.2) is 12.1 Å². The lowest BCUT2D eigenvalue weighted by atomic mass is 9.79. The van der Waals surface area contributed by atoms with Crippen LogP contribution in [0.3, 0.4) is 0 Å². The van der Waals surface area contributed by atoms with Gasteiger partial charge in [-0.3, -0.25) is 19.4 Å². The second kappa shape index (κ2) is 14.3. The number of methoxy groups -OCH3 is 1. The van der Waals surface area contributed by atoms with Crippen molar-refractivity contribution in [2.45, 2.75) is 141 Å². The molecular formula is C34H61N3O7. The maximum Gasteiger partial charge on any atom is 0.319 e. The van der Waals surface area contributed by atoms with E-state index in [9.17, 15) is 14.7 Å². The lowest BCUT2D eigenvalue weighted by Gasteiger charge is -2.46. The molecule has 4 saturated heterocycles. The molecule has 1 N–H and O–H groups in total. The molecule has 0 saturated carbocycles. The Labute approximate surface area is 266 Å². The predicted octanol–water partition coefficient (Wildman–Crippen LogP) is 3.33. The number of ketones is 1. The zero-order valence-electron chi connectivity index (χ0n) is 29.1. The number of carbonyl (C=O) groups is 2. The molecule has 254 valence electrons. The third kappa shape index (κ3) is 7.53. The van der Waals surface area contributed by atoms with Gasteiger partial charge in [0.2, 0.25) is 0 Å². The fourth-order valence-corrected chi connectivity index (χ4v) is 8.60. The number of aliphatic hydroxyl groups is 1. The molecule has 4 rings (SSSR count). The molecule has 11 atom stereocenters. The van der Waals surface area contributed by atoms with Crippen LogP contribution in [0.5, 0.6) is 0 Å². The Balaban J connectivity index is 1.61. The molecule has 0 aliphatic carbocycles. The van der Waals surface area contributed by atoms with Gasteiger partial charge in [-0.25, -0.2) is 0 Å². The maximum absolute atomic E-state index is 14.0. The van der Waals surface area contributed by atoms with Crippen molar-refractivity contribution < 1.29 is 33.6 Å². The van der Waals surface area contributed by atoms with E-state index in [2.05, 4.69) is 30.7 Å². The van der Waals surface area contributed by atoms with E-state index in [1.807, 2.05) is 32.8 Å². The van der Waals surface area contributed by atoms with E-state index in [4.69, 9.17) is 18.9 Å². The first-order chi connectivity index (χ1) is 20.6. The molecule has 0 aromatic rings. The van der Waals surface area contributed by atoms with Crippen molar-refractivity contribution in [3.8, 4) is 0 Å². The zero-order valence-corrected chi connectivity index (χ0v) is 29.1. The van der Waals surface area contributed by atoms with Gasteiger partial charge in [0.25, 0.3) is 0 Å². The SMILES string of the molecule is CCN1[C@@H]2CC[C@H]1CC(C1COC(=O)C(C)(C)C(=O)C[C@@H](O[C@@H]3O[C@H](C)C[C@H](N(C)C)[C@H]3O)[C@](C)(OC)C[C@@H](C)CN1C)C2. The monoisotopic (exact) mass is 623 g/mol. The van der Waals surface area contributed by atoms with Crippen molar-refractivity contribution in [2.75, 3.05) is 47.9 Å². The number of rotatable bonds is 6. The van der Waals surface area contributed by atoms with E-state index in [0.717, 1.165) is 25.9 Å². The molecule has 0 spiro atoms. The summed E-state index contributed by atoms with van der Waals surface area (Å²) in [7, 11) is 7.66. The van der Waals surface area contributed by atoms with E-state index >= 15 is 0 Å². The number of hydrogen-bond donors (Lipinski definition) is 1. The highest BCUT2D eigenvalue weighted by Crippen LogP contribution is 2.42. The van der Waals surface area contributed by atoms with Gasteiger partial charge in [0.05, 0.1) is 17.8 Å². The maximum atomic E-state index is 14.0. The van der Waals surface area contributed by atoms with Gasteiger partial charge in [-0.15, -0.1) is 0 Å². The van der Waals surface area contributed by atoms with Crippen molar-refractivity contribution in [3.63, 3.8) is 0 Å². The van der Waals surface area contributed by atoms with E-state index in [1.54, 1.807) is 21.0 Å². The average molecular weight is 624 g/mol. The number of aliphatic hydroxyl groups excluding tert-OH is 1. The highest BCUT2D eigenvalue weighted by molar-refractivity contribution is 6.03. The van der Waals surface area contributed by atoms with Crippen molar-refractivity contribution in [1.29, 1.82) is 0 Å². The Bertz CT molecular complexity index is 980. The second-order valence-electron chi connectivity index (χ2n) is 15.3. The summed E-state index contributed by atoms with van der Waals surface area (Å²) in [5, 5.41) is 11.3. The average Bonchev–Trinajstić information content (AvgIpc) is 3.20. The largest absolute Gasteiger partial charge is 0.463 e. The lowest BCUT2D eigenvalue weighted by Crippen LogP contribution is -2.57. The molecule has 2 unspecified atom stereocenters. The molecule has 44 heavy (non-hydrogen) atoms. The Kier molecular flexibility index (Phi) is 11.6. The summed E-state index contributed by atoms with van der Waals surface area (Å²) in [6.07, 6.45) is 3.20. The van der Waals surface area contributed by atoms with Gasteiger partial charge in [-0.2, -0.15) is 0 Å². The van der Waals surface area contributed by atoms with Gasteiger partial charge < -0.3 is 29.0 Å². The third-order valence-electron chi connectivity index (χ3n) is 11.4. The van der Waals surface area contributed by atoms with E-state index in [1.165, 1.54) is 12.8 Å². The van der Waals surface area contributed by atoms with Crippen LogP contribution in [0.25, 0.3) is 0 Å². The molecule has 4 heterocycles. The molecular weight excluding hydrogens is 562 g/mol. The van der Waals surface area contributed by atoms with Gasteiger partial charge in [0.1, 0.15) is 18.1 Å². The van der Waals surface area contributed by atoms with Gasteiger partial charge in [0, 0.05) is 44.2 Å². The number of ether oxygens (including phenoxy) is 4. The van der Waals surface area contributed by atoms with E-state index in [0.29, 0.717) is 30.8 Å². The second-order valence-corrected chi connectivity index (χ2v) is 15.3. The van der Waals surface area contributed by atoms with Crippen molar-refractivity contribution in [3.05, 3.63) is 0 Å². The van der Waals surface area contributed by atoms with Crippen LogP contribution in [-0.2, 0) is 28.5 Å². The number of esters is 1. The Morgan fingerprint density at radius 2 is 1.70 bits per heavy atom. The van der Waals surface area contributed by atoms with Gasteiger partial charge >= 0.3 is 5.97 Å². The fourth-order valence-electron chi connectivity index (χ4n) is 8.60. The molecule has 0 aromatic carbocycles.